The van der Waals surface area contributed by atoms with Crippen molar-refractivity contribution in [3.8, 4) is 11.5 Å². The molecule has 8 heteroatoms. The summed E-state index contributed by atoms with van der Waals surface area (Å²) in [5, 5.41) is 5.05. The Kier molecular flexibility index (Phi) is 6.59. The minimum atomic E-state index is -0.551. The first-order chi connectivity index (χ1) is 14.5. The molecule has 0 aliphatic heterocycles. The van der Waals surface area contributed by atoms with Crippen molar-refractivity contribution in [2.24, 2.45) is 0 Å². The molecule has 0 fully saturated rings. The van der Waals surface area contributed by atoms with Crippen molar-refractivity contribution in [3.05, 3.63) is 83.9 Å². The van der Waals surface area contributed by atoms with E-state index < -0.39 is 23.4 Å². The SMILES string of the molecule is COc1cc(C(=O)Nc2ccccc2F)ccc1OCC(=O)Nc1ccc(F)cc1. The van der Waals surface area contributed by atoms with Gasteiger partial charge in [-0.25, -0.2) is 8.78 Å². The predicted molar refractivity (Wildman–Crippen MR) is 108 cm³/mol. The quantitative estimate of drug-likeness (QED) is 0.609. The largest absolute Gasteiger partial charge is 0.493 e. The van der Waals surface area contributed by atoms with Gasteiger partial charge in [0.15, 0.2) is 18.1 Å². The van der Waals surface area contributed by atoms with Gasteiger partial charge in [0.25, 0.3) is 11.8 Å². The molecule has 0 aromatic heterocycles. The van der Waals surface area contributed by atoms with Crippen LogP contribution in [0.2, 0.25) is 0 Å². The van der Waals surface area contributed by atoms with Crippen LogP contribution in [0.5, 0.6) is 11.5 Å². The lowest BCUT2D eigenvalue weighted by molar-refractivity contribution is -0.118. The van der Waals surface area contributed by atoms with E-state index in [4.69, 9.17) is 9.47 Å². The third-order valence-corrected chi connectivity index (χ3v) is 4.03. The molecule has 0 saturated heterocycles. The Bertz CT molecular complexity index is 1060. The molecular weight excluding hydrogens is 394 g/mol. The number of hydrogen-bond donors (Lipinski definition) is 2. The number of benzene rings is 3. The van der Waals surface area contributed by atoms with Crippen LogP contribution in [0.25, 0.3) is 0 Å². The Hall–Kier alpha value is -3.94. The van der Waals surface area contributed by atoms with Crippen LogP contribution in [0.1, 0.15) is 10.4 Å². The molecule has 3 aromatic rings. The number of halogens is 2. The number of anilines is 2. The summed E-state index contributed by atoms with van der Waals surface area (Å²) in [6.45, 7) is -0.325. The van der Waals surface area contributed by atoms with Gasteiger partial charge in [-0.2, -0.15) is 0 Å². The fourth-order valence-corrected chi connectivity index (χ4v) is 2.56. The van der Waals surface area contributed by atoms with E-state index in [1.807, 2.05) is 0 Å². The minimum Gasteiger partial charge on any atom is -0.493 e. The molecule has 0 radical (unpaired) electrons. The first kappa shape index (κ1) is 20.8. The number of para-hydroxylation sites is 1. The summed E-state index contributed by atoms with van der Waals surface area (Å²) in [6, 6.07) is 15.5. The number of nitrogens with one attached hydrogen (secondary N) is 2. The smallest absolute Gasteiger partial charge is 0.262 e. The lowest BCUT2D eigenvalue weighted by Crippen LogP contribution is -2.20. The van der Waals surface area contributed by atoms with Crippen molar-refractivity contribution < 1.29 is 27.8 Å². The van der Waals surface area contributed by atoms with Crippen molar-refractivity contribution in [1.82, 2.24) is 0 Å². The molecule has 0 spiro atoms. The van der Waals surface area contributed by atoms with E-state index in [-0.39, 0.29) is 29.4 Å². The number of carbonyl (C=O) groups excluding carboxylic acids is 2. The second-order valence-corrected chi connectivity index (χ2v) is 6.14. The molecule has 2 amide bonds. The summed E-state index contributed by atoms with van der Waals surface area (Å²) in [6.07, 6.45) is 0. The summed E-state index contributed by atoms with van der Waals surface area (Å²) in [7, 11) is 1.39. The van der Waals surface area contributed by atoms with Crippen LogP contribution in [0.3, 0.4) is 0 Å². The van der Waals surface area contributed by atoms with Gasteiger partial charge in [-0.3, -0.25) is 9.59 Å². The van der Waals surface area contributed by atoms with Gasteiger partial charge in [-0.05, 0) is 54.6 Å². The van der Waals surface area contributed by atoms with E-state index in [2.05, 4.69) is 10.6 Å². The molecule has 30 heavy (non-hydrogen) atoms. The summed E-state index contributed by atoms with van der Waals surface area (Å²) >= 11 is 0. The van der Waals surface area contributed by atoms with Gasteiger partial charge in [0.1, 0.15) is 11.6 Å². The fourth-order valence-electron chi connectivity index (χ4n) is 2.56. The maximum atomic E-state index is 13.7. The molecule has 6 nitrogen and oxygen atoms in total. The van der Waals surface area contributed by atoms with Crippen molar-refractivity contribution in [1.29, 1.82) is 0 Å². The predicted octanol–water partition coefficient (Wildman–Crippen LogP) is 4.24. The number of rotatable bonds is 7. The van der Waals surface area contributed by atoms with Crippen LogP contribution in [-0.4, -0.2) is 25.5 Å². The highest BCUT2D eigenvalue weighted by molar-refractivity contribution is 6.04. The van der Waals surface area contributed by atoms with Crippen molar-refractivity contribution in [3.63, 3.8) is 0 Å². The zero-order chi connectivity index (χ0) is 21.5. The Morgan fingerprint density at radius 1 is 0.900 bits per heavy atom. The molecule has 154 valence electrons. The molecule has 0 unspecified atom stereocenters. The molecule has 3 aromatic carbocycles. The van der Waals surface area contributed by atoms with E-state index in [0.29, 0.717) is 5.69 Å². The molecule has 3 rings (SSSR count). The highest BCUT2D eigenvalue weighted by atomic mass is 19.1. The Morgan fingerprint density at radius 2 is 1.63 bits per heavy atom. The average molecular weight is 412 g/mol. The molecule has 0 heterocycles. The van der Waals surface area contributed by atoms with Crippen LogP contribution in [-0.2, 0) is 4.79 Å². The van der Waals surface area contributed by atoms with E-state index >= 15 is 0 Å². The number of amides is 2. The van der Waals surface area contributed by atoms with E-state index in [0.717, 1.165) is 0 Å². The first-order valence-corrected chi connectivity index (χ1v) is 8.88. The van der Waals surface area contributed by atoms with Crippen LogP contribution in [0, 0.1) is 11.6 Å². The van der Waals surface area contributed by atoms with Gasteiger partial charge in [0.2, 0.25) is 0 Å². The Labute approximate surface area is 171 Å². The maximum Gasteiger partial charge on any atom is 0.262 e. The Balaban J connectivity index is 1.63. The lowest BCUT2D eigenvalue weighted by atomic mass is 10.1. The maximum absolute atomic E-state index is 13.7. The normalized spacial score (nSPS) is 10.2. The molecule has 0 aliphatic rings. The summed E-state index contributed by atoms with van der Waals surface area (Å²) < 4.78 is 37.3. The third-order valence-electron chi connectivity index (χ3n) is 4.03. The fraction of sp³-hybridized carbons (Fsp3) is 0.0909. The second-order valence-electron chi connectivity index (χ2n) is 6.14. The van der Waals surface area contributed by atoms with Crippen LogP contribution < -0.4 is 20.1 Å². The highest BCUT2D eigenvalue weighted by Crippen LogP contribution is 2.28. The summed E-state index contributed by atoms with van der Waals surface area (Å²) in [4.78, 5) is 24.4. The van der Waals surface area contributed by atoms with E-state index in [9.17, 15) is 18.4 Å². The molecule has 0 bridgehead atoms. The van der Waals surface area contributed by atoms with Gasteiger partial charge in [-0.1, -0.05) is 12.1 Å². The standard InChI is InChI=1S/C22H18F2N2O4/c1-29-20-12-14(22(28)26-18-5-3-2-4-17(18)24)6-11-19(20)30-13-21(27)25-16-9-7-15(23)8-10-16/h2-12H,13H2,1H3,(H,25,27)(H,26,28). The minimum absolute atomic E-state index is 0.0549. The van der Waals surface area contributed by atoms with Crippen molar-refractivity contribution >= 4 is 23.2 Å². The second kappa shape index (κ2) is 9.51. The van der Waals surface area contributed by atoms with Crippen LogP contribution in [0.15, 0.2) is 66.7 Å². The number of ether oxygens (including phenoxy) is 2. The van der Waals surface area contributed by atoms with Gasteiger partial charge in [0.05, 0.1) is 12.8 Å². The molecular formula is C22H18F2N2O4. The van der Waals surface area contributed by atoms with E-state index in [1.54, 1.807) is 6.07 Å². The topological polar surface area (TPSA) is 76.7 Å². The van der Waals surface area contributed by atoms with E-state index in [1.165, 1.54) is 67.8 Å². The van der Waals surface area contributed by atoms with Crippen molar-refractivity contribution in [2.75, 3.05) is 24.4 Å². The van der Waals surface area contributed by atoms with Gasteiger partial charge in [-0.15, -0.1) is 0 Å². The van der Waals surface area contributed by atoms with Gasteiger partial charge < -0.3 is 20.1 Å². The Morgan fingerprint density at radius 3 is 2.33 bits per heavy atom. The van der Waals surface area contributed by atoms with Crippen LogP contribution >= 0.6 is 0 Å². The molecule has 0 aliphatic carbocycles. The lowest BCUT2D eigenvalue weighted by Gasteiger charge is -2.13. The highest BCUT2D eigenvalue weighted by Gasteiger charge is 2.14. The monoisotopic (exact) mass is 412 g/mol. The third kappa shape index (κ3) is 5.32. The van der Waals surface area contributed by atoms with Gasteiger partial charge >= 0.3 is 0 Å². The number of hydrogen-bond acceptors (Lipinski definition) is 4. The van der Waals surface area contributed by atoms with Crippen molar-refractivity contribution in [2.45, 2.75) is 0 Å². The zero-order valence-electron chi connectivity index (χ0n) is 15.9. The zero-order valence-corrected chi connectivity index (χ0v) is 15.9. The summed E-state index contributed by atoms with van der Waals surface area (Å²) in [5.41, 5.74) is 0.703. The molecule has 0 atom stereocenters. The number of carbonyl (C=O) groups is 2. The summed E-state index contributed by atoms with van der Waals surface area (Å²) in [5.74, 6) is -1.47. The first-order valence-electron chi connectivity index (χ1n) is 8.88. The molecule has 0 saturated carbocycles. The average Bonchev–Trinajstić information content (AvgIpc) is 2.75. The van der Waals surface area contributed by atoms with Gasteiger partial charge in [0, 0.05) is 11.3 Å². The van der Waals surface area contributed by atoms with Crippen LogP contribution in [0.4, 0.5) is 20.2 Å². The molecule has 2 N–H and O–H groups in total. The number of methoxy groups -OCH3 is 1.